The van der Waals surface area contributed by atoms with Crippen molar-refractivity contribution in [3.63, 3.8) is 0 Å². The van der Waals surface area contributed by atoms with Gasteiger partial charge in [-0.15, -0.1) is 0 Å². The van der Waals surface area contributed by atoms with Crippen LogP contribution in [0.3, 0.4) is 0 Å². The first-order valence-corrected chi connectivity index (χ1v) is 8.70. The maximum Gasteiger partial charge on any atom is 0.227 e. The molecule has 3 aromatic rings. The predicted molar refractivity (Wildman–Crippen MR) is 98.1 cm³/mol. The summed E-state index contributed by atoms with van der Waals surface area (Å²) in [6, 6.07) is 12.0. The van der Waals surface area contributed by atoms with Crippen molar-refractivity contribution in [2.75, 3.05) is 7.05 Å². The summed E-state index contributed by atoms with van der Waals surface area (Å²) in [5.74, 6) is 1.03. The molecule has 0 bridgehead atoms. The monoisotopic (exact) mass is 350 g/mol. The van der Waals surface area contributed by atoms with Crippen LogP contribution in [0.4, 0.5) is 0 Å². The second-order valence-electron chi connectivity index (χ2n) is 6.17. The van der Waals surface area contributed by atoms with Crippen molar-refractivity contribution in [3.8, 4) is 11.4 Å². The molecule has 0 atom stereocenters. The standard InChI is InChI=1S/C20H22N4O2/c1-3-15-4-6-16(7-5-15)14-24(2)19(25)9-8-18-22-20(23-26-18)17-10-12-21-13-11-17/h4-7,10-13H,3,8-9,14H2,1-2H3. The van der Waals surface area contributed by atoms with E-state index in [0.717, 1.165) is 17.5 Å². The molecule has 6 heteroatoms. The Morgan fingerprint density at radius 3 is 2.46 bits per heavy atom. The largest absolute Gasteiger partial charge is 0.341 e. The van der Waals surface area contributed by atoms with Gasteiger partial charge >= 0.3 is 0 Å². The van der Waals surface area contributed by atoms with Crippen LogP contribution in [-0.4, -0.2) is 33.0 Å². The Balaban J connectivity index is 1.52. The first-order chi connectivity index (χ1) is 12.7. The third-order valence-electron chi connectivity index (χ3n) is 4.24. The highest BCUT2D eigenvalue weighted by Crippen LogP contribution is 2.15. The van der Waals surface area contributed by atoms with Gasteiger partial charge in [-0.3, -0.25) is 9.78 Å². The average molecular weight is 350 g/mol. The van der Waals surface area contributed by atoms with Crippen LogP contribution < -0.4 is 0 Å². The van der Waals surface area contributed by atoms with Crippen LogP contribution in [0.15, 0.2) is 53.3 Å². The van der Waals surface area contributed by atoms with E-state index in [9.17, 15) is 4.79 Å². The van der Waals surface area contributed by atoms with Gasteiger partial charge in [-0.25, -0.2) is 0 Å². The Kier molecular flexibility index (Phi) is 5.73. The van der Waals surface area contributed by atoms with Crippen LogP contribution in [0.2, 0.25) is 0 Å². The molecule has 0 saturated heterocycles. The molecule has 0 aliphatic rings. The van der Waals surface area contributed by atoms with E-state index in [0.29, 0.717) is 31.1 Å². The molecule has 0 unspecified atom stereocenters. The molecule has 1 aromatic carbocycles. The Morgan fingerprint density at radius 1 is 1.08 bits per heavy atom. The molecule has 0 N–H and O–H groups in total. The van der Waals surface area contributed by atoms with Gasteiger partial charge in [-0.1, -0.05) is 36.3 Å². The Hall–Kier alpha value is -3.02. The lowest BCUT2D eigenvalue weighted by atomic mass is 10.1. The molecule has 0 radical (unpaired) electrons. The molecule has 134 valence electrons. The van der Waals surface area contributed by atoms with Crippen molar-refractivity contribution in [3.05, 3.63) is 65.8 Å². The fourth-order valence-corrected chi connectivity index (χ4v) is 2.62. The quantitative estimate of drug-likeness (QED) is 0.654. The number of hydrogen-bond donors (Lipinski definition) is 0. The van der Waals surface area contributed by atoms with E-state index < -0.39 is 0 Å². The first-order valence-electron chi connectivity index (χ1n) is 8.70. The number of rotatable bonds is 7. The molecule has 0 spiro atoms. The van der Waals surface area contributed by atoms with E-state index in [1.807, 2.05) is 19.2 Å². The van der Waals surface area contributed by atoms with Crippen LogP contribution in [0.25, 0.3) is 11.4 Å². The number of benzene rings is 1. The second-order valence-corrected chi connectivity index (χ2v) is 6.17. The minimum atomic E-state index is 0.0493. The number of nitrogens with zero attached hydrogens (tertiary/aromatic N) is 4. The molecule has 2 aromatic heterocycles. The van der Waals surface area contributed by atoms with E-state index in [1.54, 1.807) is 17.3 Å². The SMILES string of the molecule is CCc1ccc(CN(C)C(=O)CCc2nc(-c3ccncc3)no2)cc1. The van der Waals surface area contributed by atoms with Crippen LogP contribution in [0.1, 0.15) is 30.4 Å². The van der Waals surface area contributed by atoms with Crippen molar-refractivity contribution in [1.82, 2.24) is 20.0 Å². The van der Waals surface area contributed by atoms with Crippen LogP contribution in [0.5, 0.6) is 0 Å². The van der Waals surface area contributed by atoms with Gasteiger partial charge in [0.15, 0.2) is 0 Å². The van der Waals surface area contributed by atoms with Crippen molar-refractivity contribution < 1.29 is 9.32 Å². The van der Waals surface area contributed by atoms with Crippen molar-refractivity contribution in [2.45, 2.75) is 32.7 Å². The molecular weight excluding hydrogens is 328 g/mol. The summed E-state index contributed by atoms with van der Waals surface area (Å²) in [6.45, 7) is 2.72. The highest BCUT2D eigenvalue weighted by molar-refractivity contribution is 5.76. The maximum absolute atomic E-state index is 12.3. The van der Waals surface area contributed by atoms with Crippen LogP contribution in [-0.2, 0) is 24.2 Å². The predicted octanol–water partition coefficient (Wildman–Crippen LogP) is 3.29. The molecule has 0 saturated carbocycles. The average Bonchev–Trinajstić information content (AvgIpc) is 3.16. The summed E-state index contributed by atoms with van der Waals surface area (Å²) in [5.41, 5.74) is 3.26. The van der Waals surface area contributed by atoms with E-state index in [4.69, 9.17) is 4.52 Å². The summed E-state index contributed by atoms with van der Waals surface area (Å²) in [7, 11) is 1.81. The number of hydrogen-bond acceptors (Lipinski definition) is 5. The Bertz CT molecular complexity index is 844. The normalized spacial score (nSPS) is 10.7. The summed E-state index contributed by atoms with van der Waals surface area (Å²) in [4.78, 5) is 22.4. The fourth-order valence-electron chi connectivity index (χ4n) is 2.62. The third-order valence-corrected chi connectivity index (χ3v) is 4.24. The maximum atomic E-state index is 12.3. The Morgan fingerprint density at radius 2 is 1.77 bits per heavy atom. The molecule has 0 aliphatic carbocycles. The highest BCUT2D eigenvalue weighted by Gasteiger charge is 2.13. The minimum Gasteiger partial charge on any atom is -0.341 e. The lowest BCUT2D eigenvalue weighted by molar-refractivity contribution is -0.130. The second kappa shape index (κ2) is 8.38. The van der Waals surface area contributed by atoms with E-state index >= 15 is 0 Å². The minimum absolute atomic E-state index is 0.0493. The molecule has 1 amide bonds. The summed E-state index contributed by atoms with van der Waals surface area (Å²) in [5, 5.41) is 3.95. The number of aromatic nitrogens is 3. The van der Waals surface area contributed by atoms with Gasteiger partial charge in [-0.05, 0) is 29.7 Å². The summed E-state index contributed by atoms with van der Waals surface area (Å²) in [6.07, 6.45) is 5.13. The highest BCUT2D eigenvalue weighted by atomic mass is 16.5. The molecular formula is C20H22N4O2. The van der Waals surface area contributed by atoms with Gasteiger partial charge in [-0.2, -0.15) is 4.98 Å². The summed E-state index contributed by atoms with van der Waals surface area (Å²) >= 11 is 0. The van der Waals surface area contributed by atoms with Crippen LogP contribution >= 0.6 is 0 Å². The number of pyridine rings is 1. The molecule has 0 fully saturated rings. The van der Waals surface area contributed by atoms with E-state index in [1.165, 1.54) is 5.56 Å². The molecule has 3 rings (SSSR count). The molecule has 0 aliphatic heterocycles. The Labute approximate surface area is 152 Å². The van der Waals surface area contributed by atoms with Gasteiger partial charge in [0.25, 0.3) is 0 Å². The van der Waals surface area contributed by atoms with E-state index in [-0.39, 0.29) is 5.91 Å². The van der Waals surface area contributed by atoms with Gasteiger partial charge in [0.05, 0.1) is 0 Å². The zero-order chi connectivity index (χ0) is 18.4. The van der Waals surface area contributed by atoms with Gasteiger partial charge < -0.3 is 9.42 Å². The lowest BCUT2D eigenvalue weighted by Gasteiger charge is -2.17. The number of aryl methyl sites for hydroxylation is 2. The van der Waals surface area contributed by atoms with Crippen molar-refractivity contribution in [2.24, 2.45) is 0 Å². The zero-order valence-electron chi connectivity index (χ0n) is 15.1. The third kappa shape index (κ3) is 4.53. The zero-order valence-corrected chi connectivity index (χ0v) is 15.1. The molecule has 6 nitrogen and oxygen atoms in total. The van der Waals surface area contributed by atoms with Crippen molar-refractivity contribution in [1.29, 1.82) is 0 Å². The van der Waals surface area contributed by atoms with Crippen LogP contribution in [0, 0.1) is 0 Å². The first kappa shape index (κ1) is 17.8. The van der Waals surface area contributed by atoms with Gasteiger partial charge in [0, 0.05) is 44.4 Å². The number of amides is 1. The molecule has 26 heavy (non-hydrogen) atoms. The van der Waals surface area contributed by atoms with E-state index in [2.05, 4.69) is 46.3 Å². The topological polar surface area (TPSA) is 72.1 Å². The van der Waals surface area contributed by atoms with Crippen molar-refractivity contribution >= 4 is 5.91 Å². The lowest BCUT2D eigenvalue weighted by Crippen LogP contribution is -2.26. The summed E-state index contributed by atoms with van der Waals surface area (Å²) < 4.78 is 5.24. The number of carbonyl (C=O) groups is 1. The number of carbonyl (C=O) groups excluding carboxylic acids is 1. The van der Waals surface area contributed by atoms with Gasteiger partial charge in [0.1, 0.15) is 0 Å². The molecule has 2 heterocycles. The smallest absolute Gasteiger partial charge is 0.227 e. The fraction of sp³-hybridized carbons (Fsp3) is 0.300. The van der Waals surface area contributed by atoms with Gasteiger partial charge in [0.2, 0.25) is 17.6 Å².